The van der Waals surface area contributed by atoms with Gasteiger partial charge in [-0.3, -0.25) is 4.72 Å². The fourth-order valence-corrected chi connectivity index (χ4v) is 3.43. The molecule has 28 heavy (non-hydrogen) atoms. The van der Waals surface area contributed by atoms with E-state index in [1.165, 1.54) is 18.3 Å². The minimum absolute atomic E-state index is 0.186. The van der Waals surface area contributed by atoms with Crippen LogP contribution in [-0.2, 0) is 14.8 Å². The molecule has 0 amide bonds. The summed E-state index contributed by atoms with van der Waals surface area (Å²) in [4.78, 5) is 12.2. The van der Waals surface area contributed by atoms with Crippen LogP contribution >= 0.6 is 0 Å². The van der Waals surface area contributed by atoms with Gasteiger partial charge in [-0.2, -0.15) is 0 Å². The highest BCUT2D eigenvalue weighted by Gasteiger charge is 2.14. The number of aromatic nitrogens is 1. The molecule has 3 aromatic rings. The SMILES string of the molecule is C=O.CNc1c(Oc2cccc(NS(=O)(=O)c3ccccc3)c2)ccnc1N. The van der Waals surface area contributed by atoms with Crippen molar-refractivity contribution in [3.8, 4) is 11.5 Å². The molecule has 0 aliphatic heterocycles. The number of hydrogen-bond acceptors (Lipinski definition) is 7. The molecule has 0 aliphatic carbocycles. The van der Waals surface area contributed by atoms with E-state index in [0.717, 1.165) is 0 Å². The first-order valence-electron chi connectivity index (χ1n) is 8.06. The fraction of sp³-hybridized carbons (Fsp3) is 0.0526. The lowest BCUT2D eigenvalue weighted by Gasteiger charge is -2.13. The number of anilines is 3. The maximum Gasteiger partial charge on any atom is 0.261 e. The molecule has 0 unspecified atom stereocenters. The summed E-state index contributed by atoms with van der Waals surface area (Å²) < 4.78 is 33.2. The Kier molecular flexibility index (Phi) is 6.94. The van der Waals surface area contributed by atoms with Crippen molar-refractivity contribution in [3.05, 3.63) is 66.9 Å². The zero-order valence-electron chi connectivity index (χ0n) is 15.1. The van der Waals surface area contributed by atoms with E-state index < -0.39 is 10.0 Å². The van der Waals surface area contributed by atoms with Gasteiger partial charge in [0.25, 0.3) is 10.0 Å². The van der Waals surface area contributed by atoms with Crippen LogP contribution in [-0.4, -0.2) is 27.2 Å². The first-order chi connectivity index (χ1) is 13.5. The predicted octanol–water partition coefficient (Wildman–Crippen LogP) is 3.11. The number of benzene rings is 2. The van der Waals surface area contributed by atoms with Crippen molar-refractivity contribution in [1.29, 1.82) is 0 Å². The molecule has 2 aromatic carbocycles. The molecule has 0 radical (unpaired) electrons. The van der Waals surface area contributed by atoms with E-state index >= 15 is 0 Å². The van der Waals surface area contributed by atoms with Crippen LogP contribution in [0.25, 0.3) is 0 Å². The standard InChI is InChI=1S/C18H18N4O3S.CH2O/c1-20-17-16(10-11-21-18(17)19)25-14-7-5-6-13(12-14)22-26(23,24)15-8-3-2-4-9-15;1-2/h2-12,20,22H,1H3,(H2,19,21);1H2. The van der Waals surface area contributed by atoms with E-state index in [1.807, 2.05) is 6.79 Å². The first kappa shape index (κ1) is 20.7. The Hall–Kier alpha value is -3.59. The van der Waals surface area contributed by atoms with Gasteiger partial charge in [0, 0.05) is 25.4 Å². The smallest absolute Gasteiger partial charge is 0.261 e. The van der Waals surface area contributed by atoms with Crippen LogP contribution in [0.3, 0.4) is 0 Å². The Morgan fingerprint density at radius 2 is 1.75 bits per heavy atom. The number of sulfonamides is 1. The highest BCUT2D eigenvalue weighted by molar-refractivity contribution is 7.92. The fourth-order valence-electron chi connectivity index (χ4n) is 2.36. The Balaban J connectivity index is 0.00000136. The van der Waals surface area contributed by atoms with Crippen molar-refractivity contribution >= 4 is 34.0 Å². The van der Waals surface area contributed by atoms with E-state index in [4.69, 9.17) is 15.3 Å². The van der Waals surface area contributed by atoms with Crippen LogP contribution in [0.5, 0.6) is 11.5 Å². The van der Waals surface area contributed by atoms with E-state index in [0.29, 0.717) is 28.7 Å². The zero-order valence-corrected chi connectivity index (χ0v) is 15.9. The molecule has 8 nitrogen and oxygen atoms in total. The van der Waals surface area contributed by atoms with Crippen LogP contribution < -0.4 is 20.5 Å². The Bertz CT molecular complexity index is 1030. The first-order valence-corrected chi connectivity index (χ1v) is 9.55. The number of pyridine rings is 1. The van der Waals surface area contributed by atoms with Crippen LogP contribution in [0.2, 0.25) is 0 Å². The largest absolute Gasteiger partial charge is 0.455 e. The lowest BCUT2D eigenvalue weighted by Crippen LogP contribution is -2.12. The van der Waals surface area contributed by atoms with E-state index in [2.05, 4.69) is 15.0 Å². The quantitative estimate of drug-likeness (QED) is 0.581. The average molecular weight is 400 g/mol. The van der Waals surface area contributed by atoms with Crippen LogP contribution in [0.15, 0.2) is 71.8 Å². The van der Waals surface area contributed by atoms with Crippen molar-refractivity contribution in [2.24, 2.45) is 0 Å². The molecule has 0 bridgehead atoms. The highest BCUT2D eigenvalue weighted by Crippen LogP contribution is 2.33. The second-order valence-corrected chi connectivity index (χ2v) is 7.05. The molecular formula is C19H20N4O4S. The van der Waals surface area contributed by atoms with Gasteiger partial charge in [0.1, 0.15) is 18.2 Å². The van der Waals surface area contributed by atoms with Gasteiger partial charge in [0.05, 0.1) is 10.6 Å². The monoisotopic (exact) mass is 400 g/mol. The number of carbonyl (C=O) groups excluding carboxylic acids is 1. The lowest BCUT2D eigenvalue weighted by atomic mass is 10.3. The van der Waals surface area contributed by atoms with E-state index in [9.17, 15) is 8.42 Å². The summed E-state index contributed by atoms with van der Waals surface area (Å²) in [5.41, 5.74) is 6.76. The van der Waals surface area contributed by atoms with Crippen LogP contribution in [0, 0.1) is 0 Å². The molecule has 4 N–H and O–H groups in total. The van der Waals surface area contributed by atoms with Crippen molar-refractivity contribution in [1.82, 2.24) is 4.98 Å². The second-order valence-electron chi connectivity index (χ2n) is 5.37. The summed E-state index contributed by atoms with van der Waals surface area (Å²) in [6, 6.07) is 16.5. The summed E-state index contributed by atoms with van der Waals surface area (Å²) in [6.45, 7) is 2.00. The molecule has 0 atom stereocenters. The van der Waals surface area contributed by atoms with Gasteiger partial charge < -0.3 is 20.6 Å². The third-order valence-electron chi connectivity index (χ3n) is 3.56. The van der Waals surface area contributed by atoms with Gasteiger partial charge in [-0.25, -0.2) is 13.4 Å². The number of nitrogen functional groups attached to an aromatic ring is 1. The number of nitrogens with zero attached hydrogens (tertiary/aromatic N) is 1. The Morgan fingerprint density at radius 1 is 1.04 bits per heavy atom. The minimum Gasteiger partial charge on any atom is -0.455 e. The number of carbonyl (C=O) groups is 1. The van der Waals surface area contributed by atoms with E-state index in [-0.39, 0.29) is 4.90 Å². The van der Waals surface area contributed by atoms with Gasteiger partial charge in [0.15, 0.2) is 11.6 Å². The molecule has 3 rings (SSSR count). The van der Waals surface area contributed by atoms with Crippen LogP contribution in [0.4, 0.5) is 17.2 Å². The maximum atomic E-state index is 12.4. The van der Waals surface area contributed by atoms with Crippen molar-refractivity contribution in [3.63, 3.8) is 0 Å². The number of ether oxygens (including phenoxy) is 1. The van der Waals surface area contributed by atoms with E-state index in [1.54, 1.807) is 55.6 Å². The summed E-state index contributed by atoms with van der Waals surface area (Å²) in [7, 11) is -1.96. The zero-order chi connectivity index (χ0) is 20.6. The van der Waals surface area contributed by atoms with Gasteiger partial charge in [-0.05, 0) is 24.3 Å². The molecule has 1 heterocycles. The average Bonchev–Trinajstić information content (AvgIpc) is 2.70. The van der Waals surface area contributed by atoms with Gasteiger partial charge >= 0.3 is 0 Å². The summed E-state index contributed by atoms with van der Waals surface area (Å²) in [6.07, 6.45) is 1.54. The number of rotatable bonds is 6. The number of nitrogens with one attached hydrogen (secondary N) is 2. The number of nitrogens with two attached hydrogens (primary N) is 1. The topological polar surface area (TPSA) is 123 Å². The van der Waals surface area contributed by atoms with Crippen LogP contribution in [0.1, 0.15) is 0 Å². The van der Waals surface area contributed by atoms with Gasteiger partial charge in [-0.15, -0.1) is 0 Å². The number of hydrogen-bond donors (Lipinski definition) is 3. The summed E-state index contributed by atoms with van der Waals surface area (Å²) in [5.74, 6) is 1.26. The maximum absolute atomic E-state index is 12.4. The molecular weight excluding hydrogens is 380 g/mol. The third-order valence-corrected chi connectivity index (χ3v) is 4.96. The Morgan fingerprint density at radius 3 is 2.43 bits per heavy atom. The molecule has 1 aromatic heterocycles. The third kappa shape index (κ3) is 4.98. The molecule has 0 spiro atoms. The summed E-state index contributed by atoms with van der Waals surface area (Å²) in [5, 5.41) is 2.93. The van der Waals surface area contributed by atoms with Gasteiger partial charge in [-0.1, -0.05) is 24.3 Å². The summed E-state index contributed by atoms with van der Waals surface area (Å²) >= 11 is 0. The minimum atomic E-state index is -3.67. The normalized spacial score (nSPS) is 10.3. The van der Waals surface area contributed by atoms with Crippen molar-refractivity contribution in [2.45, 2.75) is 4.90 Å². The Labute approximate surface area is 163 Å². The second kappa shape index (κ2) is 9.38. The predicted molar refractivity (Wildman–Crippen MR) is 109 cm³/mol. The molecule has 0 saturated carbocycles. The molecule has 9 heteroatoms. The lowest BCUT2D eigenvalue weighted by molar-refractivity contribution is -0.0979. The molecule has 0 aliphatic rings. The van der Waals surface area contributed by atoms with Gasteiger partial charge in [0.2, 0.25) is 0 Å². The van der Waals surface area contributed by atoms with Crippen molar-refractivity contribution < 1.29 is 17.9 Å². The highest BCUT2D eigenvalue weighted by atomic mass is 32.2. The molecule has 0 fully saturated rings. The van der Waals surface area contributed by atoms with Crippen molar-refractivity contribution in [2.75, 3.05) is 22.8 Å². The molecule has 146 valence electrons. The molecule has 0 saturated heterocycles.